The molecule has 0 aromatic carbocycles. The Kier molecular flexibility index (Phi) is 4.24. The van der Waals surface area contributed by atoms with Crippen LogP contribution in [0.3, 0.4) is 0 Å². The first-order valence-corrected chi connectivity index (χ1v) is 6.72. The molecular weight excluding hydrogens is 240 g/mol. The molecule has 2 heterocycles. The highest BCUT2D eigenvalue weighted by atomic mass is 16.2. The largest absolute Gasteiger partial charge is 0.381 e. The summed E-state index contributed by atoms with van der Waals surface area (Å²) in [4.78, 5) is 19.7. The summed E-state index contributed by atoms with van der Waals surface area (Å²) in [5.41, 5.74) is 2.12. The number of aryl methyl sites for hydroxylation is 1. The molecule has 0 atom stereocenters. The van der Waals surface area contributed by atoms with Crippen LogP contribution < -0.4 is 5.32 Å². The van der Waals surface area contributed by atoms with E-state index < -0.39 is 0 Å². The third-order valence-corrected chi connectivity index (χ3v) is 3.51. The Labute approximate surface area is 114 Å². The van der Waals surface area contributed by atoms with Crippen molar-refractivity contribution in [2.45, 2.75) is 25.8 Å². The van der Waals surface area contributed by atoms with E-state index in [-0.39, 0.29) is 6.03 Å². The zero-order chi connectivity index (χ0) is 13.8. The van der Waals surface area contributed by atoms with Crippen LogP contribution in [0, 0.1) is 6.92 Å². The van der Waals surface area contributed by atoms with Gasteiger partial charge in [0.1, 0.15) is 0 Å². The maximum atomic E-state index is 11.8. The third kappa shape index (κ3) is 3.36. The molecule has 1 aromatic rings. The summed E-state index contributed by atoms with van der Waals surface area (Å²) >= 11 is 0. The van der Waals surface area contributed by atoms with Gasteiger partial charge in [0.2, 0.25) is 0 Å². The molecule has 0 aliphatic carbocycles. The topological polar surface area (TPSA) is 48.5 Å². The second-order valence-electron chi connectivity index (χ2n) is 5.22. The van der Waals surface area contributed by atoms with E-state index in [0.29, 0.717) is 6.04 Å². The van der Waals surface area contributed by atoms with Gasteiger partial charge in [-0.2, -0.15) is 0 Å². The second-order valence-corrected chi connectivity index (χ2v) is 5.22. The van der Waals surface area contributed by atoms with Crippen LogP contribution >= 0.6 is 0 Å². The second kappa shape index (κ2) is 5.91. The molecule has 1 aromatic heterocycles. The standard InChI is InChI=1S/C14H22N4O/c1-11-13(5-4-8-15-11)16-12-6-9-18(10-7-12)14(19)17(2)3/h4-5,8,12,16H,6-7,9-10H2,1-3H3. The van der Waals surface area contributed by atoms with E-state index in [0.717, 1.165) is 37.3 Å². The first-order chi connectivity index (χ1) is 9.08. The van der Waals surface area contributed by atoms with Gasteiger partial charge in [-0.3, -0.25) is 4.98 Å². The van der Waals surface area contributed by atoms with E-state index in [4.69, 9.17) is 0 Å². The lowest BCUT2D eigenvalue weighted by Gasteiger charge is -2.34. The van der Waals surface area contributed by atoms with Gasteiger partial charge in [0, 0.05) is 39.4 Å². The van der Waals surface area contributed by atoms with Crippen LogP contribution in [0.25, 0.3) is 0 Å². The van der Waals surface area contributed by atoms with Crippen molar-refractivity contribution in [3.05, 3.63) is 24.0 Å². The summed E-state index contributed by atoms with van der Waals surface area (Å²) in [6, 6.07) is 4.53. The highest BCUT2D eigenvalue weighted by Gasteiger charge is 2.23. The number of nitrogens with one attached hydrogen (secondary N) is 1. The lowest BCUT2D eigenvalue weighted by Crippen LogP contribution is -2.46. The molecule has 1 aliphatic heterocycles. The van der Waals surface area contributed by atoms with Crippen LogP contribution in [0.5, 0.6) is 0 Å². The van der Waals surface area contributed by atoms with Crippen LogP contribution in [0.2, 0.25) is 0 Å². The van der Waals surface area contributed by atoms with Gasteiger partial charge in [0.25, 0.3) is 0 Å². The number of carbonyl (C=O) groups excluding carboxylic acids is 1. The summed E-state index contributed by atoms with van der Waals surface area (Å²) in [6.07, 6.45) is 3.76. The lowest BCUT2D eigenvalue weighted by molar-refractivity contribution is 0.158. The molecular formula is C14H22N4O. The Hall–Kier alpha value is -1.78. The smallest absolute Gasteiger partial charge is 0.319 e. The minimum atomic E-state index is 0.107. The predicted octanol–water partition coefficient (Wildman–Crippen LogP) is 1.95. The molecule has 1 fully saturated rings. The van der Waals surface area contributed by atoms with Crippen molar-refractivity contribution in [2.24, 2.45) is 0 Å². The summed E-state index contributed by atoms with van der Waals surface area (Å²) in [5, 5.41) is 3.52. The Morgan fingerprint density at radius 2 is 2.11 bits per heavy atom. The quantitative estimate of drug-likeness (QED) is 0.886. The molecule has 5 heteroatoms. The van der Waals surface area contributed by atoms with Gasteiger partial charge in [-0.15, -0.1) is 0 Å². The fourth-order valence-electron chi connectivity index (χ4n) is 2.35. The van der Waals surface area contributed by atoms with Crippen molar-refractivity contribution < 1.29 is 4.79 Å². The van der Waals surface area contributed by atoms with E-state index in [2.05, 4.69) is 16.4 Å². The molecule has 1 aliphatic rings. The molecule has 0 saturated carbocycles. The van der Waals surface area contributed by atoms with Crippen molar-refractivity contribution in [1.29, 1.82) is 0 Å². The van der Waals surface area contributed by atoms with E-state index >= 15 is 0 Å². The molecule has 104 valence electrons. The SMILES string of the molecule is Cc1ncccc1NC1CCN(C(=O)N(C)C)CC1. The number of urea groups is 1. The first-order valence-electron chi connectivity index (χ1n) is 6.72. The molecule has 0 radical (unpaired) electrons. The normalized spacial score (nSPS) is 16.3. The number of hydrogen-bond donors (Lipinski definition) is 1. The van der Waals surface area contributed by atoms with Gasteiger partial charge in [0.15, 0.2) is 0 Å². The molecule has 0 spiro atoms. The zero-order valence-corrected chi connectivity index (χ0v) is 11.9. The number of rotatable bonds is 2. The number of aromatic nitrogens is 1. The molecule has 5 nitrogen and oxygen atoms in total. The number of likely N-dealkylation sites (tertiary alicyclic amines) is 1. The van der Waals surface area contributed by atoms with E-state index in [1.54, 1.807) is 25.2 Å². The fourth-order valence-corrected chi connectivity index (χ4v) is 2.35. The van der Waals surface area contributed by atoms with Gasteiger partial charge in [0.05, 0.1) is 11.4 Å². The van der Waals surface area contributed by atoms with Crippen molar-refractivity contribution in [2.75, 3.05) is 32.5 Å². The van der Waals surface area contributed by atoms with Crippen molar-refractivity contribution in [3.8, 4) is 0 Å². The van der Waals surface area contributed by atoms with Crippen LogP contribution in [-0.2, 0) is 0 Å². The summed E-state index contributed by atoms with van der Waals surface area (Å²) in [7, 11) is 3.59. The van der Waals surface area contributed by atoms with Gasteiger partial charge >= 0.3 is 6.03 Å². The summed E-state index contributed by atoms with van der Waals surface area (Å²) < 4.78 is 0. The number of carbonyl (C=O) groups is 1. The minimum Gasteiger partial charge on any atom is -0.381 e. The molecule has 2 rings (SSSR count). The summed E-state index contributed by atoms with van der Waals surface area (Å²) in [5.74, 6) is 0. The maximum absolute atomic E-state index is 11.8. The first kappa shape index (κ1) is 13.6. The molecule has 0 unspecified atom stereocenters. The fraction of sp³-hybridized carbons (Fsp3) is 0.571. The number of nitrogens with zero attached hydrogens (tertiary/aromatic N) is 3. The van der Waals surface area contributed by atoms with Gasteiger partial charge in [-0.25, -0.2) is 4.79 Å². The third-order valence-electron chi connectivity index (χ3n) is 3.51. The van der Waals surface area contributed by atoms with Gasteiger partial charge < -0.3 is 15.1 Å². The lowest BCUT2D eigenvalue weighted by atomic mass is 10.0. The average Bonchev–Trinajstić information content (AvgIpc) is 2.41. The van der Waals surface area contributed by atoms with E-state index in [1.165, 1.54) is 0 Å². The van der Waals surface area contributed by atoms with Gasteiger partial charge in [-0.05, 0) is 31.9 Å². The highest BCUT2D eigenvalue weighted by Crippen LogP contribution is 2.18. The highest BCUT2D eigenvalue weighted by molar-refractivity contribution is 5.73. The molecule has 19 heavy (non-hydrogen) atoms. The van der Waals surface area contributed by atoms with E-state index in [9.17, 15) is 4.79 Å². The van der Waals surface area contributed by atoms with Crippen molar-refractivity contribution in [3.63, 3.8) is 0 Å². The Bertz CT molecular complexity index is 439. The monoisotopic (exact) mass is 262 g/mol. The van der Waals surface area contributed by atoms with Crippen LogP contribution in [0.4, 0.5) is 10.5 Å². The molecule has 0 bridgehead atoms. The number of piperidine rings is 1. The Balaban J connectivity index is 1.87. The van der Waals surface area contributed by atoms with Crippen molar-refractivity contribution in [1.82, 2.24) is 14.8 Å². The van der Waals surface area contributed by atoms with Crippen LogP contribution in [-0.4, -0.2) is 54.0 Å². The van der Waals surface area contributed by atoms with E-state index in [1.807, 2.05) is 17.9 Å². The molecule has 2 amide bonds. The Morgan fingerprint density at radius 1 is 1.42 bits per heavy atom. The average molecular weight is 262 g/mol. The Morgan fingerprint density at radius 3 is 2.68 bits per heavy atom. The predicted molar refractivity (Wildman–Crippen MR) is 76.3 cm³/mol. The summed E-state index contributed by atoms with van der Waals surface area (Å²) in [6.45, 7) is 3.63. The van der Waals surface area contributed by atoms with Gasteiger partial charge in [-0.1, -0.05) is 0 Å². The number of pyridine rings is 1. The van der Waals surface area contributed by atoms with Crippen LogP contribution in [0.15, 0.2) is 18.3 Å². The zero-order valence-electron chi connectivity index (χ0n) is 11.9. The number of anilines is 1. The van der Waals surface area contributed by atoms with Crippen LogP contribution in [0.1, 0.15) is 18.5 Å². The number of amides is 2. The molecule has 1 saturated heterocycles. The van der Waals surface area contributed by atoms with Crippen molar-refractivity contribution >= 4 is 11.7 Å². The number of hydrogen-bond acceptors (Lipinski definition) is 3. The molecule has 1 N–H and O–H groups in total. The minimum absolute atomic E-state index is 0.107. The maximum Gasteiger partial charge on any atom is 0.319 e.